The van der Waals surface area contributed by atoms with Crippen molar-refractivity contribution in [3.63, 3.8) is 0 Å². The number of nitrogens with one attached hydrogen (secondary N) is 1. The Morgan fingerprint density at radius 1 is 1.37 bits per heavy atom. The first kappa shape index (κ1) is 15.7. The molecular weight excluding hydrogens is 238 g/mol. The van der Waals surface area contributed by atoms with E-state index in [4.69, 9.17) is 5.73 Å². The maximum atomic E-state index is 12.1. The number of hydrogen-bond donors (Lipinski definition) is 2. The van der Waals surface area contributed by atoms with Gasteiger partial charge in [0, 0.05) is 18.8 Å². The monoisotopic (exact) mass is 263 g/mol. The van der Waals surface area contributed by atoms with Crippen molar-refractivity contribution in [2.24, 2.45) is 17.6 Å². The molecule has 0 fully saturated rings. The molecule has 0 aromatic heterocycles. The predicted octanol–water partition coefficient (Wildman–Crippen LogP) is 1.92. The van der Waals surface area contributed by atoms with Gasteiger partial charge in [0.2, 0.25) is 5.91 Å². The molecule has 1 aromatic carbocycles. The van der Waals surface area contributed by atoms with Gasteiger partial charge in [-0.3, -0.25) is 4.79 Å². The minimum atomic E-state index is -0.141. The average molecular weight is 263 g/mol. The molecule has 0 aliphatic rings. The summed E-state index contributed by atoms with van der Waals surface area (Å²) in [6, 6.07) is 7.93. The molecule has 1 rings (SSSR count). The fourth-order valence-electron chi connectivity index (χ4n) is 2.03. The molecule has 0 heterocycles. The standard InChI is InChI=1S/C15H25N3O/c1-11(2)14(9-16)15(19)17-13-7-5-6-12(8-13)10-18(3)4/h5-8,11,14H,9-10,16H2,1-4H3,(H,17,19). The van der Waals surface area contributed by atoms with E-state index in [1.165, 1.54) is 5.56 Å². The summed E-state index contributed by atoms with van der Waals surface area (Å²) in [5.41, 5.74) is 7.67. The molecule has 0 spiro atoms. The minimum absolute atomic E-state index is 0.000460. The van der Waals surface area contributed by atoms with Gasteiger partial charge >= 0.3 is 0 Å². The molecule has 3 N–H and O–H groups in total. The van der Waals surface area contributed by atoms with Crippen LogP contribution in [0, 0.1) is 11.8 Å². The maximum Gasteiger partial charge on any atom is 0.229 e. The van der Waals surface area contributed by atoms with Crippen LogP contribution in [0.3, 0.4) is 0 Å². The molecule has 4 heteroatoms. The molecule has 4 nitrogen and oxygen atoms in total. The highest BCUT2D eigenvalue weighted by Gasteiger charge is 2.20. The van der Waals surface area contributed by atoms with Crippen LogP contribution in [-0.4, -0.2) is 31.4 Å². The van der Waals surface area contributed by atoms with E-state index in [9.17, 15) is 4.79 Å². The first-order valence-corrected chi connectivity index (χ1v) is 6.68. The number of nitrogens with zero attached hydrogens (tertiary/aromatic N) is 1. The number of nitrogens with two attached hydrogens (primary N) is 1. The second kappa shape index (κ2) is 7.26. The molecule has 1 atom stereocenters. The lowest BCUT2D eigenvalue weighted by Crippen LogP contribution is -2.33. The summed E-state index contributed by atoms with van der Waals surface area (Å²) in [6.07, 6.45) is 0. The van der Waals surface area contributed by atoms with E-state index in [1.54, 1.807) is 0 Å². The fourth-order valence-corrected chi connectivity index (χ4v) is 2.03. The number of anilines is 1. The van der Waals surface area contributed by atoms with E-state index >= 15 is 0 Å². The van der Waals surface area contributed by atoms with Crippen LogP contribution in [0.25, 0.3) is 0 Å². The summed E-state index contributed by atoms with van der Waals surface area (Å²) in [5.74, 6) is 0.104. The highest BCUT2D eigenvalue weighted by Crippen LogP contribution is 2.16. The van der Waals surface area contributed by atoms with Crippen molar-refractivity contribution in [2.75, 3.05) is 26.0 Å². The third-order valence-electron chi connectivity index (χ3n) is 3.09. The van der Waals surface area contributed by atoms with Crippen molar-refractivity contribution in [2.45, 2.75) is 20.4 Å². The molecule has 1 unspecified atom stereocenters. The summed E-state index contributed by atoms with van der Waals surface area (Å²) >= 11 is 0. The summed E-state index contributed by atoms with van der Waals surface area (Å²) in [5, 5.41) is 2.95. The van der Waals surface area contributed by atoms with Crippen molar-refractivity contribution in [3.05, 3.63) is 29.8 Å². The van der Waals surface area contributed by atoms with Crippen LogP contribution >= 0.6 is 0 Å². The number of rotatable bonds is 6. The first-order valence-electron chi connectivity index (χ1n) is 6.68. The Morgan fingerprint density at radius 2 is 2.05 bits per heavy atom. The third kappa shape index (κ3) is 5.01. The van der Waals surface area contributed by atoms with Crippen molar-refractivity contribution in [1.82, 2.24) is 4.90 Å². The predicted molar refractivity (Wildman–Crippen MR) is 79.8 cm³/mol. The minimum Gasteiger partial charge on any atom is -0.330 e. The molecule has 0 saturated carbocycles. The van der Waals surface area contributed by atoms with Crippen LogP contribution in [0.15, 0.2) is 24.3 Å². The Hall–Kier alpha value is -1.39. The largest absolute Gasteiger partial charge is 0.330 e. The van der Waals surface area contributed by atoms with Gasteiger partial charge < -0.3 is 16.0 Å². The van der Waals surface area contributed by atoms with Crippen LogP contribution in [-0.2, 0) is 11.3 Å². The number of carbonyl (C=O) groups is 1. The Balaban J connectivity index is 2.73. The van der Waals surface area contributed by atoms with Gasteiger partial charge in [-0.05, 0) is 37.7 Å². The normalized spacial score (nSPS) is 12.8. The van der Waals surface area contributed by atoms with Gasteiger partial charge in [0.1, 0.15) is 0 Å². The van der Waals surface area contributed by atoms with Crippen molar-refractivity contribution in [1.29, 1.82) is 0 Å². The van der Waals surface area contributed by atoms with Gasteiger partial charge in [0.25, 0.3) is 0 Å². The maximum absolute atomic E-state index is 12.1. The van der Waals surface area contributed by atoms with Crippen molar-refractivity contribution in [3.8, 4) is 0 Å². The van der Waals surface area contributed by atoms with E-state index in [0.29, 0.717) is 6.54 Å². The molecule has 106 valence electrons. The topological polar surface area (TPSA) is 58.4 Å². The van der Waals surface area contributed by atoms with E-state index in [-0.39, 0.29) is 17.7 Å². The molecule has 0 aliphatic heterocycles. The van der Waals surface area contributed by atoms with Crippen LogP contribution in [0.1, 0.15) is 19.4 Å². The summed E-state index contributed by atoms with van der Waals surface area (Å²) < 4.78 is 0. The summed E-state index contributed by atoms with van der Waals surface area (Å²) in [6.45, 7) is 5.26. The zero-order valence-electron chi connectivity index (χ0n) is 12.3. The third-order valence-corrected chi connectivity index (χ3v) is 3.09. The molecule has 0 radical (unpaired) electrons. The molecule has 0 bridgehead atoms. The van der Waals surface area contributed by atoms with Crippen molar-refractivity contribution < 1.29 is 4.79 Å². The van der Waals surface area contributed by atoms with Crippen LogP contribution < -0.4 is 11.1 Å². The van der Waals surface area contributed by atoms with Crippen LogP contribution in [0.5, 0.6) is 0 Å². The highest BCUT2D eigenvalue weighted by molar-refractivity contribution is 5.92. The molecule has 19 heavy (non-hydrogen) atoms. The first-order chi connectivity index (χ1) is 8.93. The molecule has 1 aromatic rings. The zero-order valence-corrected chi connectivity index (χ0v) is 12.3. The van der Waals surface area contributed by atoms with Crippen LogP contribution in [0.4, 0.5) is 5.69 Å². The highest BCUT2D eigenvalue weighted by atomic mass is 16.1. The molecule has 0 saturated heterocycles. The molecule has 1 amide bonds. The number of benzene rings is 1. The van der Waals surface area contributed by atoms with Crippen molar-refractivity contribution >= 4 is 11.6 Å². The lowest BCUT2D eigenvalue weighted by Gasteiger charge is -2.18. The van der Waals surface area contributed by atoms with E-state index in [2.05, 4.69) is 16.3 Å². The van der Waals surface area contributed by atoms with Gasteiger partial charge in [-0.1, -0.05) is 26.0 Å². The SMILES string of the molecule is CC(C)C(CN)C(=O)Nc1cccc(CN(C)C)c1. The van der Waals surface area contributed by atoms with Gasteiger partial charge in [-0.15, -0.1) is 0 Å². The summed E-state index contributed by atoms with van der Waals surface area (Å²) in [7, 11) is 4.04. The quantitative estimate of drug-likeness (QED) is 0.824. The smallest absolute Gasteiger partial charge is 0.229 e. The van der Waals surface area contributed by atoms with Crippen LogP contribution in [0.2, 0.25) is 0 Å². The second-order valence-corrected chi connectivity index (χ2v) is 5.51. The number of hydrogen-bond acceptors (Lipinski definition) is 3. The van der Waals surface area contributed by atoms with Gasteiger partial charge in [-0.2, -0.15) is 0 Å². The van der Waals surface area contributed by atoms with Gasteiger partial charge in [-0.25, -0.2) is 0 Å². The Labute approximate surface area is 116 Å². The summed E-state index contributed by atoms with van der Waals surface area (Å²) in [4.78, 5) is 14.2. The Morgan fingerprint density at radius 3 is 2.58 bits per heavy atom. The van der Waals surface area contributed by atoms with Gasteiger partial charge in [0.15, 0.2) is 0 Å². The van der Waals surface area contributed by atoms with E-state index in [1.807, 2.05) is 46.1 Å². The average Bonchev–Trinajstić information content (AvgIpc) is 2.28. The second-order valence-electron chi connectivity index (χ2n) is 5.51. The number of amides is 1. The lowest BCUT2D eigenvalue weighted by atomic mass is 9.95. The lowest BCUT2D eigenvalue weighted by molar-refractivity contribution is -0.120. The Kier molecular flexibility index (Phi) is 5.99. The molecular formula is C15H25N3O. The number of carbonyl (C=O) groups excluding carboxylic acids is 1. The Bertz CT molecular complexity index is 416. The van der Waals surface area contributed by atoms with Gasteiger partial charge in [0.05, 0.1) is 5.92 Å². The van der Waals surface area contributed by atoms with E-state index < -0.39 is 0 Å². The molecule has 0 aliphatic carbocycles. The zero-order chi connectivity index (χ0) is 14.4. The van der Waals surface area contributed by atoms with E-state index in [0.717, 1.165) is 12.2 Å². The fraction of sp³-hybridized carbons (Fsp3) is 0.533.